The number of aliphatic hydroxyl groups is 1. The molecule has 1 aromatic carbocycles. The van der Waals surface area contributed by atoms with Crippen molar-refractivity contribution in [2.24, 2.45) is 11.8 Å². The Balaban J connectivity index is 1.69. The van der Waals surface area contributed by atoms with E-state index in [0.717, 1.165) is 36.0 Å². The topological polar surface area (TPSA) is 56.6 Å². The molecule has 3 fully saturated rings. The van der Waals surface area contributed by atoms with Crippen LogP contribution < -0.4 is 0 Å². The number of benzene rings is 1. The molecular formula is C19H22N2O2. The number of fused-ring (bicyclic) bond motifs is 4. The monoisotopic (exact) mass is 310 g/mol. The van der Waals surface area contributed by atoms with Gasteiger partial charge in [0.05, 0.1) is 11.6 Å². The summed E-state index contributed by atoms with van der Waals surface area (Å²) in [5.41, 5.74) is 1.66. The Morgan fingerprint density at radius 2 is 2.22 bits per heavy atom. The molecule has 2 aromatic rings. The van der Waals surface area contributed by atoms with E-state index in [0.29, 0.717) is 11.8 Å². The van der Waals surface area contributed by atoms with Gasteiger partial charge >= 0.3 is 0 Å². The molecule has 0 radical (unpaired) electrons. The molecular weight excluding hydrogens is 288 g/mol. The highest BCUT2D eigenvalue weighted by molar-refractivity contribution is 5.83. The quantitative estimate of drug-likeness (QED) is 0.856. The van der Waals surface area contributed by atoms with Crippen molar-refractivity contribution in [2.75, 3.05) is 13.1 Å². The molecule has 0 spiro atoms. The van der Waals surface area contributed by atoms with Crippen molar-refractivity contribution in [2.45, 2.75) is 25.0 Å². The highest BCUT2D eigenvalue weighted by atomic mass is 16.3. The van der Waals surface area contributed by atoms with Gasteiger partial charge in [-0.25, -0.2) is 0 Å². The molecule has 2 N–H and O–H groups in total. The molecule has 3 saturated heterocycles. The second-order valence-electron chi connectivity index (χ2n) is 6.79. The summed E-state index contributed by atoms with van der Waals surface area (Å²) in [6, 6.07) is 7.14. The summed E-state index contributed by atoms with van der Waals surface area (Å²) >= 11 is 0. The van der Waals surface area contributed by atoms with E-state index in [1.165, 1.54) is 6.42 Å². The third-order valence-corrected chi connectivity index (χ3v) is 5.60. The van der Waals surface area contributed by atoms with Gasteiger partial charge in [-0.15, -0.1) is 6.58 Å². The van der Waals surface area contributed by atoms with Crippen LogP contribution in [0.1, 0.15) is 24.5 Å². The summed E-state index contributed by atoms with van der Waals surface area (Å²) in [5.74, 6) is 1.38. The van der Waals surface area contributed by atoms with E-state index in [4.69, 9.17) is 0 Å². The summed E-state index contributed by atoms with van der Waals surface area (Å²) in [6.45, 7) is 5.99. The normalized spacial score (nSPS) is 31.2. The molecule has 3 aliphatic heterocycles. The Morgan fingerprint density at radius 3 is 2.96 bits per heavy atom. The second kappa shape index (κ2) is 5.62. The third kappa shape index (κ3) is 2.42. The minimum Gasteiger partial charge on any atom is -0.508 e. The molecule has 0 aliphatic carbocycles. The minimum absolute atomic E-state index is 0.137. The van der Waals surface area contributed by atoms with Gasteiger partial charge in [-0.05, 0) is 61.1 Å². The zero-order chi connectivity index (χ0) is 16.0. The zero-order valence-electron chi connectivity index (χ0n) is 13.1. The Morgan fingerprint density at radius 1 is 1.35 bits per heavy atom. The van der Waals surface area contributed by atoms with Crippen LogP contribution in [0.5, 0.6) is 5.75 Å². The fourth-order valence-corrected chi connectivity index (χ4v) is 4.33. The standard InChI is InChI=1S/C19H22N2O2/c1-2-12-11-21-8-6-13(12)9-18(21)19(23)15-5-7-20-17-4-3-14(22)10-16(15)17/h2-5,7,10,12-13,18-19,22-23H,1,6,8-9,11H2/t12-,13?,18-,19+/m0/s1. The van der Waals surface area contributed by atoms with Crippen LogP contribution in [0.15, 0.2) is 43.1 Å². The van der Waals surface area contributed by atoms with E-state index < -0.39 is 6.10 Å². The lowest BCUT2D eigenvalue weighted by Gasteiger charge is -2.50. The zero-order valence-corrected chi connectivity index (χ0v) is 13.1. The lowest BCUT2D eigenvalue weighted by atomic mass is 9.73. The van der Waals surface area contributed by atoms with Gasteiger partial charge in [-0.2, -0.15) is 0 Å². The highest BCUT2D eigenvalue weighted by Gasteiger charge is 2.42. The van der Waals surface area contributed by atoms with Gasteiger partial charge < -0.3 is 10.2 Å². The maximum Gasteiger partial charge on any atom is 0.116 e. The van der Waals surface area contributed by atoms with E-state index in [-0.39, 0.29) is 11.8 Å². The number of hydrogen-bond acceptors (Lipinski definition) is 4. The predicted molar refractivity (Wildman–Crippen MR) is 90.1 cm³/mol. The van der Waals surface area contributed by atoms with Crippen LogP contribution in [0.25, 0.3) is 10.9 Å². The average molecular weight is 310 g/mol. The summed E-state index contributed by atoms with van der Waals surface area (Å²) in [5, 5.41) is 21.7. The van der Waals surface area contributed by atoms with Crippen LogP contribution in [0.2, 0.25) is 0 Å². The molecule has 5 rings (SSSR count). The van der Waals surface area contributed by atoms with E-state index in [1.807, 2.05) is 6.07 Å². The van der Waals surface area contributed by atoms with Crippen LogP contribution >= 0.6 is 0 Å². The number of aromatic hydroxyl groups is 1. The van der Waals surface area contributed by atoms with Gasteiger partial charge in [0.1, 0.15) is 5.75 Å². The molecule has 0 amide bonds. The first-order chi connectivity index (χ1) is 11.2. The number of aliphatic hydroxyl groups excluding tert-OH is 1. The smallest absolute Gasteiger partial charge is 0.116 e. The van der Waals surface area contributed by atoms with Crippen LogP contribution in [0.3, 0.4) is 0 Å². The first-order valence-corrected chi connectivity index (χ1v) is 8.29. The number of phenols is 1. The fourth-order valence-electron chi connectivity index (χ4n) is 4.33. The van der Waals surface area contributed by atoms with Gasteiger partial charge in [0, 0.05) is 24.2 Å². The molecule has 4 heteroatoms. The maximum absolute atomic E-state index is 11.0. The molecule has 23 heavy (non-hydrogen) atoms. The lowest BCUT2D eigenvalue weighted by Crippen LogP contribution is -2.54. The van der Waals surface area contributed by atoms with Crippen molar-refractivity contribution >= 4 is 10.9 Å². The summed E-state index contributed by atoms with van der Waals surface area (Å²) < 4.78 is 0. The molecule has 1 aromatic heterocycles. The number of phenolic OH excluding ortho intramolecular Hbond substituents is 1. The van der Waals surface area contributed by atoms with Crippen LogP contribution in [-0.2, 0) is 0 Å². The van der Waals surface area contributed by atoms with Gasteiger partial charge in [0.2, 0.25) is 0 Å². The fraction of sp³-hybridized carbons (Fsp3) is 0.421. The Labute approximate surface area is 136 Å². The molecule has 3 aliphatic rings. The van der Waals surface area contributed by atoms with Gasteiger partial charge in [0.15, 0.2) is 0 Å². The maximum atomic E-state index is 11.0. The summed E-state index contributed by atoms with van der Waals surface area (Å²) in [6.07, 6.45) is 5.44. The predicted octanol–water partition coefficient (Wildman–Crippen LogP) is 2.87. The highest BCUT2D eigenvalue weighted by Crippen LogP contribution is 2.42. The number of piperidine rings is 3. The largest absolute Gasteiger partial charge is 0.508 e. The number of aromatic nitrogens is 1. The third-order valence-electron chi connectivity index (χ3n) is 5.60. The summed E-state index contributed by atoms with van der Waals surface area (Å²) in [4.78, 5) is 6.73. The second-order valence-corrected chi connectivity index (χ2v) is 6.79. The molecule has 2 bridgehead atoms. The van der Waals surface area contributed by atoms with Crippen LogP contribution in [0.4, 0.5) is 0 Å². The van der Waals surface area contributed by atoms with Crippen LogP contribution in [0, 0.1) is 11.8 Å². The van der Waals surface area contributed by atoms with Crippen molar-refractivity contribution in [3.05, 3.63) is 48.7 Å². The van der Waals surface area contributed by atoms with Crippen molar-refractivity contribution in [1.82, 2.24) is 9.88 Å². The van der Waals surface area contributed by atoms with Gasteiger partial charge in [-0.1, -0.05) is 6.08 Å². The van der Waals surface area contributed by atoms with Gasteiger partial charge in [-0.3, -0.25) is 9.88 Å². The van der Waals surface area contributed by atoms with E-state index in [9.17, 15) is 10.2 Å². The van der Waals surface area contributed by atoms with Crippen molar-refractivity contribution < 1.29 is 10.2 Å². The van der Waals surface area contributed by atoms with Crippen LogP contribution in [-0.4, -0.2) is 39.2 Å². The number of nitrogens with zero attached hydrogens (tertiary/aromatic N) is 2. The molecule has 0 saturated carbocycles. The first kappa shape index (κ1) is 14.7. The summed E-state index contributed by atoms with van der Waals surface area (Å²) in [7, 11) is 0. The average Bonchev–Trinajstić information content (AvgIpc) is 2.60. The molecule has 2 unspecified atom stereocenters. The van der Waals surface area contributed by atoms with E-state index in [2.05, 4.69) is 22.5 Å². The van der Waals surface area contributed by atoms with Crippen molar-refractivity contribution in [3.8, 4) is 5.75 Å². The SMILES string of the molecule is C=C[C@H]1CN2CCC1C[C@H]2[C@H](O)c1ccnc2ccc(O)cc12. The van der Waals surface area contributed by atoms with Gasteiger partial charge in [0.25, 0.3) is 0 Å². The number of hydrogen-bond donors (Lipinski definition) is 2. The van der Waals surface area contributed by atoms with Crippen molar-refractivity contribution in [1.29, 1.82) is 0 Å². The lowest BCUT2D eigenvalue weighted by molar-refractivity contribution is -0.0444. The molecule has 4 heterocycles. The number of rotatable bonds is 3. The Bertz CT molecular complexity index is 745. The molecule has 4 nitrogen and oxygen atoms in total. The molecule has 120 valence electrons. The van der Waals surface area contributed by atoms with E-state index >= 15 is 0 Å². The minimum atomic E-state index is -0.559. The first-order valence-electron chi connectivity index (χ1n) is 8.29. The van der Waals surface area contributed by atoms with E-state index in [1.54, 1.807) is 24.4 Å². The molecule has 5 atom stereocenters. The van der Waals surface area contributed by atoms with Crippen molar-refractivity contribution in [3.63, 3.8) is 0 Å². The number of pyridine rings is 1. The Kier molecular flexibility index (Phi) is 3.58. The Hall–Kier alpha value is -1.91.